The van der Waals surface area contributed by atoms with Crippen molar-refractivity contribution in [1.82, 2.24) is 14.6 Å². The largest absolute Gasteiger partial charge is 0.394 e. The van der Waals surface area contributed by atoms with E-state index in [1.54, 1.807) is 16.9 Å². The van der Waals surface area contributed by atoms with Crippen LogP contribution in [-0.2, 0) is 0 Å². The fourth-order valence-corrected chi connectivity index (χ4v) is 1.83. The molecule has 2 aromatic heterocycles. The Balaban J connectivity index is 2.42. The Morgan fingerprint density at radius 1 is 1.39 bits per heavy atom. The minimum Gasteiger partial charge on any atom is -0.394 e. The highest BCUT2D eigenvalue weighted by molar-refractivity contribution is 5.68. The molecular formula is C12H18N4O2. The zero-order chi connectivity index (χ0) is 13.2. The van der Waals surface area contributed by atoms with Crippen molar-refractivity contribution in [2.75, 3.05) is 18.5 Å². The van der Waals surface area contributed by atoms with Crippen molar-refractivity contribution in [1.29, 1.82) is 0 Å². The summed E-state index contributed by atoms with van der Waals surface area (Å²) in [7, 11) is 0. The molecule has 18 heavy (non-hydrogen) atoms. The zero-order valence-electron chi connectivity index (χ0n) is 10.6. The van der Waals surface area contributed by atoms with Gasteiger partial charge in [0, 0.05) is 12.4 Å². The molecule has 0 amide bonds. The van der Waals surface area contributed by atoms with Crippen molar-refractivity contribution in [3.8, 4) is 0 Å². The molecule has 3 N–H and O–H groups in total. The van der Waals surface area contributed by atoms with E-state index in [4.69, 9.17) is 0 Å². The van der Waals surface area contributed by atoms with Crippen molar-refractivity contribution in [2.45, 2.75) is 25.8 Å². The second-order valence-electron chi connectivity index (χ2n) is 4.47. The first-order chi connectivity index (χ1) is 8.64. The smallest absolute Gasteiger partial charge is 0.152 e. The van der Waals surface area contributed by atoms with E-state index in [-0.39, 0.29) is 13.2 Å². The number of rotatable bonds is 5. The molecule has 2 aromatic rings. The molecule has 0 fully saturated rings. The Labute approximate surface area is 105 Å². The standard InChI is InChI=1S/C12H18N4O2/c1-3-12(7-17,8-18)14-11-10-6-9(2)15-16(10)5-4-13-11/h4-6,17-18H,3,7-8H2,1-2H3,(H,13,14). The zero-order valence-corrected chi connectivity index (χ0v) is 10.6. The minimum atomic E-state index is -0.757. The number of aliphatic hydroxyl groups is 2. The van der Waals surface area contributed by atoms with Crippen LogP contribution in [0.15, 0.2) is 18.5 Å². The summed E-state index contributed by atoms with van der Waals surface area (Å²) < 4.78 is 1.72. The highest BCUT2D eigenvalue weighted by atomic mass is 16.3. The Bertz CT molecular complexity index is 526. The van der Waals surface area contributed by atoms with Crippen LogP contribution >= 0.6 is 0 Å². The number of nitrogens with zero attached hydrogens (tertiary/aromatic N) is 3. The molecular weight excluding hydrogens is 232 g/mol. The fourth-order valence-electron chi connectivity index (χ4n) is 1.83. The number of anilines is 1. The third kappa shape index (κ3) is 2.16. The van der Waals surface area contributed by atoms with Crippen LogP contribution in [0.5, 0.6) is 0 Å². The van der Waals surface area contributed by atoms with Gasteiger partial charge in [-0.3, -0.25) is 0 Å². The average molecular weight is 250 g/mol. The normalized spacial score (nSPS) is 12.0. The maximum absolute atomic E-state index is 9.44. The first kappa shape index (κ1) is 12.8. The molecule has 0 spiro atoms. The van der Waals surface area contributed by atoms with Crippen molar-refractivity contribution < 1.29 is 10.2 Å². The lowest BCUT2D eigenvalue weighted by Crippen LogP contribution is -2.45. The summed E-state index contributed by atoms with van der Waals surface area (Å²) in [5.74, 6) is 0.614. The van der Waals surface area contributed by atoms with Crippen LogP contribution in [0.2, 0.25) is 0 Å². The van der Waals surface area contributed by atoms with E-state index < -0.39 is 5.54 Å². The van der Waals surface area contributed by atoms with E-state index in [0.717, 1.165) is 11.2 Å². The monoisotopic (exact) mass is 250 g/mol. The predicted octanol–water partition coefficient (Wildman–Crippen LogP) is 0.583. The van der Waals surface area contributed by atoms with Gasteiger partial charge in [-0.05, 0) is 19.4 Å². The van der Waals surface area contributed by atoms with Gasteiger partial charge in [0.1, 0.15) is 5.52 Å². The first-order valence-electron chi connectivity index (χ1n) is 5.95. The van der Waals surface area contributed by atoms with Crippen LogP contribution in [0.1, 0.15) is 19.0 Å². The number of aromatic nitrogens is 3. The van der Waals surface area contributed by atoms with Gasteiger partial charge in [0.15, 0.2) is 5.82 Å². The lowest BCUT2D eigenvalue weighted by molar-refractivity contribution is 0.132. The van der Waals surface area contributed by atoms with Crippen LogP contribution in [0.4, 0.5) is 5.82 Å². The Morgan fingerprint density at radius 3 is 2.72 bits per heavy atom. The summed E-state index contributed by atoms with van der Waals surface area (Å²) in [4.78, 5) is 4.25. The summed E-state index contributed by atoms with van der Waals surface area (Å²) in [5.41, 5.74) is 0.961. The molecule has 98 valence electrons. The van der Waals surface area contributed by atoms with Gasteiger partial charge in [0.25, 0.3) is 0 Å². The average Bonchev–Trinajstić information content (AvgIpc) is 2.77. The molecule has 2 rings (SSSR count). The molecule has 0 aromatic carbocycles. The summed E-state index contributed by atoms with van der Waals surface area (Å²) in [6.45, 7) is 3.49. The number of aryl methyl sites for hydroxylation is 1. The quantitative estimate of drug-likeness (QED) is 0.723. The molecule has 0 aliphatic carbocycles. The SMILES string of the molecule is CCC(CO)(CO)Nc1nccn2nc(C)cc12. The molecule has 2 heterocycles. The van der Waals surface area contributed by atoms with Crippen LogP contribution in [0, 0.1) is 6.92 Å². The van der Waals surface area contributed by atoms with Crippen molar-refractivity contribution in [3.63, 3.8) is 0 Å². The van der Waals surface area contributed by atoms with E-state index >= 15 is 0 Å². The maximum atomic E-state index is 9.44. The van der Waals surface area contributed by atoms with E-state index in [0.29, 0.717) is 12.2 Å². The van der Waals surface area contributed by atoms with Gasteiger partial charge in [-0.1, -0.05) is 6.92 Å². The number of nitrogens with one attached hydrogen (secondary N) is 1. The lowest BCUT2D eigenvalue weighted by Gasteiger charge is -2.30. The maximum Gasteiger partial charge on any atom is 0.152 e. The summed E-state index contributed by atoms with van der Waals surface area (Å²) in [5, 5.41) is 26.3. The molecule has 0 aliphatic rings. The van der Waals surface area contributed by atoms with E-state index in [1.807, 2.05) is 19.9 Å². The lowest BCUT2D eigenvalue weighted by atomic mass is 9.98. The van der Waals surface area contributed by atoms with Crippen LogP contribution < -0.4 is 5.32 Å². The van der Waals surface area contributed by atoms with Crippen LogP contribution in [-0.4, -0.2) is 43.6 Å². The molecule has 0 aliphatic heterocycles. The van der Waals surface area contributed by atoms with Gasteiger partial charge in [-0.2, -0.15) is 5.10 Å². The summed E-state index contributed by atoms with van der Waals surface area (Å²) in [6, 6.07) is 1.91. The number of aliphatic hydroxyl groups excluding tert-OH is 2. The van der Waals surface area contributed by atoms with Crippen LogP contribution in [0.3, 0.4) is 0 Å². The molecule has 6 nitrogen and oxygen atoms in total. The van der Waals surface area contributed by atoms with E-state index in [1.165, 1.54) is 0 Å². The van der Waals surface area contributed by atoms with Gasteiger partial charge in [-0.25, -0.2) is 9.50 Å². The second-order valence-corrected chi connectivity index (χ2v) is 4.47. The van der Waals surface area contributed by atoms with Gasteiger partial charge >= 0.3 is 0 Å². The first-order valence-corrected chi connectivity index (χ1v) is 5.95. The third-order valence-electron chi connectivity index (χ3n) is 3.18. The summed E-state index contributed by atoms with van der Waals surface area (Å²) >= 11 is 0. The fraction of sp³-hybridized carbons (Fsp3) is 0.500. The summed E-state index contributed by atoms with van der Waals surface area (Å²) in [6.07, 6.45) is 3.99. The van der Waals surface area contributed by atoms with E-state index in [9.17, 15) is 10.2 Å². The molecule has 0 saturated heterocycles. The number of fused-ring (bicyclic) bond motifs is 1. The Morgan fingerprint density at radius 2 is 2.11 bits per heavy atom. The minimum absolute atomic E-state index is 0.157. The third-order valence-corrected chi connectivity index (χ3v) is 3.18. The second kappa shape index (κ2) is 4.91. The van der Waals surface area contributed by atoms with Crippen LogP contribution in [0.25, 0.3) is 5.52 Å². The van der Waals surface area contributed by atoms with E-state index in [2.05, 4.69) is 15.4 Å². The predicted molar refractivity (Wildman–Crippen MR) is 68.5 cm³/mol. The molecule has 0 atom stereocenters. The van der Waals surface area contributed by atoms with Gasteiger partial charge in [-0.15, -0.1) is 0 Å². The van der Waals surface area contributed by atoms with Crippen molar-refractivity contribution in [3.05, 3.63) is 24.2 Å². The van der Waals surface area contributed by atoms with Crippen molar-refractivity contribution in [2.24, 2.45) is 0 Å². The highest BCUT2D eigenvalue weighted by Crippen LogP contribution is 2.21. The topological polar surface area (TPSA) is 82.7 Å². The molecule has 0 saturated carbocycles. The number of hydrogen-bond acceptors (Lipinski definition) is 5. The molecule has 0 unspecified atom stereocenters. The Hall–Kier alpha value is -1.66. The Kier molecular flexibility index (Phi) is 3.49. The van der Waals surface area contributed by atoms with Gasteiger partial charge in [0.2, 0.25) is 0 Å². The highest BCUT2D eigenvalue weighted by Gasteiger charge is 2.27. The van der Waals surface area contributed by atoms with Gasteiger partial charge < -0.3 is 15.5 Å². The molecule has 0 radical (unpaired) electrons. The molecule has 6 heteroatoms. The molecule has 0 bridgehead atoms. The number of hydrogen-bond donors (Lipinski definition) is 3. The van der Waals surface area contributed by atoms with Gasteiger partial charge in [0.05, 0.1) is 24.4 Å². The van der Waals surface area contributed by atoms with Crippen molar-refractivity contribution >= 4 is 11.3 Å².